The highest BCUT2D eigenvalue weighted by molar-refractivity contribution is 6.03. The minimum Gasteiger partial charge on any atom is -0.371 e. The summed E-state index contributed by atoms with van der Waals surface area (Å²) < 4.78 is 0. The molecule has 5 nitrogen and oxygen atoms in total. The molecular formula is C26H31N3O2. The molecule has 2 aromatic carbocycles. The third kappa shape index (κ3) is 4.60. The molecule has 0 bridgehead atoms. The molecule has 2 unspecified atom stereocenters. The van der Waals surface area contributed by atoms with Gasteiger partial charge in [-0.2, -0.15) is 0 Å². The molecule has 2 N–H and O–H groups in total. The van der Waals surface area contributed by atoms with Crippen LogP contribution in [0.2, 0.25) is 0 Å². The number of hydrogen-bond acceptors (Lipinski definition) is 3. The standard InChI is InChI=1S/C26H31N3O2/c1-17-11-13-29(14-12-17)24-10-9-20(15-23(24)26(31)27-19-7-8-19)28-25(30)22-16-21(22)18-5-3-2-4-6-18/h2-6,9-10,15,17,19,21-22H,7-8,11-14,16H2,1H3,(H,27,31)(H,28,30). The zero-order chi connectivity index (χ0) is 21.4. The fourth-order valence-corrected chi connectivity index (χ4v) is 4.60. The molecule has 2 atom stereocenters. The second-order valence-electron chi connectivity index (χ2n) is 9.50. The number of piperidine rings is 1. The van der Waals surface area contributed by atoms with Gasteiger partial charge in [0.2, 0.25) is 5.91 Å². The molecule has 1 aliphatic heterocycles. The molecule has 0 aromatic heterocycles. The van der Waals surface area contributed by atoms with Crippen molar-refractivity contribution in [2.45, 2.75) is 51.0 Å². The van der Waals surface area contributed by atoms with Crippen LogP contribution < -0.4 is 15.5 Å². The minimum absolute atomic E-state index is 0.00870. The highest BCUT2D eigenvalue weighted by atomic mass is 16.2. The zero-order valence-corrected chi connectivity index (χ0v) is 18.1. The largest absolute Gasteiger partial charge is 0.371 e. The van der Waals surface area contributed by atoms with E-state index in [0.717, 1.165) is 56.8 Å². The van der Waals surface area contributed by atoms with E-state index < -0.39 is 0 Å². The average Bonchev–Trinajstić information content (AvgIpc) is 3.70. The van der Waals surface area contributed by atoms with Gasteiger partial charge in [0.1, 0.15) is 0 Å². The van der Waals surface area contributed by atoms with Crippen molar-refractivity contribution in [2.24, 2.45) is 11.8 Å². The van der Waals surface area contributed by atoms with Gasteiger partial charge >= 0.3 is 0 Å². The summed E-state index contributed by atoms with van der Waals surface area (Å²) in [5, 5.41) is 6.19. The lowest BCUT2D eigenvalue weighted by Crippen LogP contribution is -2.35. The van der Waals surface area contributed by atoms with Crippen molar-refractivity contribution in [3.8, 4) is 0 Å². The van der Waals surface area contributed by atoms with E-state index in [1.165, 1.54) is 5.56 Å². The molecule has 31 heavy (non-hydrogen) atoms. The van der Waals surface area contributed by atoms with E-state index in [1.807, 2.05) is 36.4 Å². The van der Waals surface area contributed by atoms with E-state index in [1.54, 1.807) is 0 Å². The lowest BCUT2D eigenvalue weighted by molar-refractivity contribution is -0.117. The van der Waals surface area contributed by atoms with Crippen LogP contribution in [0, 0.1) is 11.8 Å². The fraction of sp³-hybridized carbons (Fsp3) is 0.462. The Morgan fingerprint density at radius 1 is 0.968 bits per heavy atom. The summed E-state index contributed by atoms with van der Waals surface area (Å²) in [6.45, 7) is 4.23. The predicted molar refractivity (Wildman–Crippen MR) is 123 cm³/mol. The molecule has 1 saturated heterocycles. The molecule has 2 saturated carbocycles. The van der Waals surface area contributed by atoms with E-state index in [9.17, 15) is 9.59 Å². The predicted octanol–water partition coefficient (Wildman–Crippen LogP) is 4.56. The summed E-state index contributed by atoms with van der Waals surface area (Å²) in [6, 6.07) is 16.3. The summed E-state index contributed by atoms with van der Waals surface area (Å²) in [4.78, 5) is 28.1. The molecule has 5 rings (SSSR count). The second-order valence-corrected chi connectivity index (χ2v) is 9.50. The Kier molecular flexibility index (Phi) is 5.43. The van der Waals surface area contributed by atoms with Crippen molar-refractivity contribution in [1.29, 1.82) is 0 Å². The molecule has 2 aliphatic carbocycles. The maximum absolute atomic E-state index is 13.0. The molecule has 162 valence electrons. The second kappa shape index (κ2) is 8.37. The number of carbonyl (C=O) groups excluding carboxylic acids is 2. The molecular weight excluding hydrogens is 386 g/mol. The van der Waals surface area contributed by atoms with E-state index in [2.05, 4.69) is 34.6 Å². The van der Waals surface area contributed by atoms with E-state index in [4.69, 9.17) is 0 Å². The van der Waals surface area contributed by atoms with Crippen molar-refractivity contribution in [3.05, 3.63) is 59.7 Å². The Morgan fingerprint density at radius 2 is 1.71 bits per heavy atom. The monoisotopic (exact) mass is 417 g/mol. The molecule has 2 amide bonds. The molecule has 5 heteroatoms. The van der Waals surface area contributed by atoms with E-state index >= 15 is 0 Å². The smallest absolute Gasteiger partial charge is 0.253 e. The number of nitrogens with zero attached hydrogens (tertiary/aromatic N) is 1. The molecule has 1 heterocycles. The highest BCUT2D eigenvalue weighted by Gasteiger charge is 2.43. The molecule has 0 spiro atoms. The number of anilines is 2. The molecule has 2 aromatic rings. The van der Waals surface area contributed by atoms with Gasteiger partial charge in [-0.25, -0.2) is 0 Å². The topological polar surface area (TPSA) is 61.4 Å². The van der Waals surface area contributed by atoms with Crippen LogP contribution in [0.5, 0.6) is 0 Å². The van der Waals surface area contributed by atoms with Crippen molar-refractivity contribution < 1.29 is 9.59 Å². The Labute approximate surface area is 184 Å². The first kappa shape index (κ1) is 20.1. The van der Waals surface area contributed by atoms with Crippen LogP contribution in [0.3, 0.4) is 0 Å². The first-order chi connectivity index (χ1) is 15.1. The van der Waals surface area contributed by atoms with Crippen LogP contribution >= 0.6 is 0 Å². The number of benzene rings is 2. The maximum atomic E-state index is 13.0. The van der Waals surface area contributed by atoms with E-state index in [-0.39, 0.29) is 17.7 Å². The third-order valence-electron chi connectivity index (χ3n) is 6.90. The quantitative estimate of drug-likeness (QED) is 0.724. The minimum atomic E-state index is -0.0270. The Balaban J connectivity index is 1.32. The van der Waals surface area contributed by atoms with Gasteiger partial charge < -0.3 is 15.5 Å². The van der Waals surface area contributed by atoms with Gasteiger partial charge in [-0.1, -0.05) is 37.3 Å². The van der Waals surface area contributed by atoms with Gasteiger partial charge in [0, 0.05) is 36.4 Å². The van der Waals surface area contributed by atoms with Crippen molar-refractivity contribution in [1.82, 2.24) is 5.32 Å². The summed E-state index contributed by atoms with van der Waals surface area (Å²) in [6.07, 6.45) is 5.28. The SMILES string of the molecule is CC1CCN(c2ccc(NC(=O)C3CC3c3ccccc3)cc2C(=O)NC2CC2)CC1. The zero-order valence-electron chi connectivity index (χ0n) is 18.1. The Morgan fingerprint density at radius 3 is 2.42 bits per heavy atom. The first-order valence-corrected chi connectivity index (χ1v) is 11.6. The molecule has 3 fully saturated rings. The lowest BCUT2D eigenvalue weighted by Gasteiger charge is -2.33. The number of carbonyl (C=O) groups is 2. The number of nitrogens with one attached hydrogen (secondary N) is 2. The van der Waals surface area contributed by atoms with Gasteiger partial charge in [0.05, 0.1) is 5.56 Å². The molecule has 3 aliphatic rings. The number of rotatable bonds is 6. The summed E-state index contributed by atoms with van der Waals surface area (Å²) >= 11 is 0. The van der Waals surface area contributed by atoms with Gasteiger partial charge in [-0.3, -0.25) is 9.59 Å². The number of amides is 2. The van der Waals surface area contributed by atoms with Crippen LogP contribution in [0.1, 0.15) is 60.9 Å². The van der Waals surface area contributed by atoms with E-state index in [0.29, 0.717) is 23.2 Å². The van der Waals surface area contributed by atoms with Gasteiger partial charge in [-0.15, -0.1) is 0 Å². The lowest BCUT2D eigenvalue weighted by atomic mass is 9.97. The van der Waals surface area contributed by atoms with Gasteiger partial charge in [0.15, 0.2) is 0 Å². The van der Waals surface area contributed by atoms with Crippen LogP contribution in [-0.4, -0.2) is 30.9 Å². The first-order valence-electron chi connectivity index (χ1n) is 11.6. The maximum Gasteiger partial charge on any atom is 0.253 e. The Hall–Kier alpha value is -2.82. The highest BCUT2D eigenvalue weighted by Crippen LogP contribution is 2.48. The summed E-state index contributed by atoms with van der Waals surface area (Å²) in [5.74, 6) is 1.06. The number of hydrogen-bond donors (Lipinski definition) is 2. The summed E-state index contributed by atoms with van der Waals surface area (Å²) in [5.41, 5.74) is 3.59. The van der Waals surface area contributed by atoms with Gasteiger partial charge in [-0.05, 0) is 67.7 Å². The average molecular weight is 418 g/mol. The van der Waals surface area contributed by atoms with Crippen LogP contribution in [0.25, 0.3) is 0 Å². The third-order valence-corrected chi connectivity index (χ3v) is 6.90. The Bertz CT molecular complexity index is 962. The van der Waals surface area contributed by atoms with Crippen LogP contribution in [0.4, 0.5) is 11.4 Å². The van der Waals surface area contributed by atoms with Crippen molar-refractivity contribution >= 4 is 23.2 Å². The van der Waals surface area contributed by atoms with Gasteiger partial charge in [0.25, 0.3) is 5.91 Å². The molecule has 0 radical (unpaired) electrons. The van der Waals surface area contributed by atoms with Crippen LogP contribution in [-0.2, 0) is 4.79 Å². The van der Waals surface area contributed by atoms with Crippen LogP contribution in [0.15, 0.2) is 48.5 Å². The fourth-order valence-electron chi connectivity index (χ4n) is 4.60. The summed E-state index contributed by atoms with van der Waals surface area (Å²) in [7, 11) is 0. The normalized spacial score (nSPS) is 23.3. The van der Waals surface area contributed by atoms with Crippen molar-refractivity contribution in [2.75, 3.05) is 23.3 Å². The van der Waals surface area contributed by atoms with Crippen molar-refractivity contribution in [3.63, 3.8) is 0 Å².